The molecule has 0 bridgehead atoms. The first-order valence-corrected chi connectivity index (χ1v) is 11.9. The second-order valence-corrected chi connectivity index (χ2v) is 10.6. The number of rotatable bonds is 8. The predicted molar refractivity (Wildman–Crippen MR) is 121 cm³/mol. The molecule has 1 aliphatic rings. The molecule has 2 nitrogen and oxygen atoms in total. The van der Waals surface area contributed by atoms with Gasteiger partial charge in [-0.1, -0.05) is 74.5 Å². The minimum absolute atomic E-state index is 0.299. The van der Waals surface area contributed by atoms with Crippen LogP contribution in [0, 0.1) is 5.92 Å². The van der Waals surface area contributed by atoms with E-state index in [2.05, 4.69) is 98.4 Å². The van der Waals surface area contributed by atoms with Gasteiger partial charge in [-0.05, 0) is 64.1 Å². The molecule has 0 spiro atoms. The lowest BCUT2D eigenvalue weighted by molar-refractivity contribution is 0.146. The lowest BCUT2D eigenvalue weighted by Crippen LogP contribution is -2.46. The maximum absolute atomic E-state index is 2.78. The Balaban J connectivity index is 1.78. The van der Waals surface area contributed by atoms with Gasteiger partial charge in [-0.15, -0.1) is 0 Å². The fourth-order valence-corrected chi connectivity index (χ4v) is 6.96. The van der Waals surface area contributed by atoms with Crippen molar-refractivity contribution in [1.29, 1.82) is 0 Å². The molecular weight excluding hydrogens is 347 g/mol. The molecule has 0 unspecified atom stereocenters. The summed E-state index contributed by atoms with van der Waals surface area (Å²) < 4.78 is 0. The first kappa shape index (κ1) is 20.5. The van der Waals surface area contributed by atoms with E-state index in [0.717, 1.165) is 0 Å². The first-order valence-electron chi connectivity index (χ1n) is 10.3. The SMILES string of the molecule is CC(C)[C@@H](CN1CCC[C@H]1CP(c1ccccc1)c1ccccc1)N(C)C. The van der Waals surface area contributed by atoms with E-state index in [1.165, 1.54) is 42.7 Å². The summed E-state index contributed by atoms with van der Waals surface area (Å²) in [5.41, 5.74) is 0. The van der Waals surface area contributed by atoms with Gasteiger partial charge in [0.2, 0.25) is 0 Å². The molecule has 0 aliphatic carbocycles. The fourth-order valence-electron chi connectivity index (χ4n) is 4.34. The highest BCUT2D eigenvalue weighted by atomic mass is 31.1. The van der Waals surface area contributed by atoms with Gasteiger partial charge in [0, 0.05) is 18.6 Å². The Labute approximate surface area is 167 Å². The molecule has 0 radical (unpaired) electrons. The van der Waals surface area contributed by atoms with E-state index in [1.54, 1.807) is 0 Å². The smallest absolute Gasteiger partial charge is 0.0240 e. The van der Waals surface area contributed by atoms with Crippen LogP contribution in [0.15, 0.2) is 60.7 Å². The van der Waals surface area contributed by atoms with Crippen molar-refractivity contribution in [2.24, 2.45) is 5.92 Å². The molecule has 2 aromatic carbocycles. The van der Waals surface area contributed by atoms with Gasteiger partial charge in [0.1, 0.15) is 0 Å². The quantitative estimate of drug-likeness (QED) is 0.632. The minimum Gasteiger partial charge on any atom is -0.305 e. The van der Waals surface area contributed by atoms with Gasteiger partial charge in [-0.2, -0.15) is 0 Å². The number of benzene rings is 2. The van der Waals surface area contributed by atoms with Crippen LogP contribution in [0.2, 0.25) is 0 Å². The van der Waals surface area contributed by atoms with Crippen molar-refractivity contribution in [1.82, 2.24) is 9.80 Å². The van der Waals surface area contributed by atoms with Crippen LogP contribution in [0.5, 0.6) is 0 Å². The van der Waals surface area contributed by atoms with E-state index in [1.807, 2.05) is 0 Å². The van der Waals surface area contributed by atoms with Crippen molar-refractivity contribution in [2.45, 2.75) is 38.8 Å². The Hall–Kier alpha value is -1.21. The third-order valence-electron chi connectivity index (χ3n) is 5.88. The zero-order valence-corrected chi connectivity index (χ0v) is 18.3. The molecule has 3 heteroatoms. The topological polar surface area (TPSA) is 6.48 Å². The Morgan fingerprint density at radius 3 is 2.00 bits per heavy atom. The van der Waals surface area contributed by atoms with Crippen LogP contribution < -0.4 is 10.6 Å². The number of likely N-dealkylation sites (tertiary alicyclic amines) is 1. The fraction of sp³-hybridized carbons (Fsp3) is 0.500. The van der Waals surface area contributed by atoms with Crippen molar-refractivity contribution in [3.05, 3.63) is 60.7 Å². The van der Waals surface area contributed by atoms with Crippen molar-refractivity contribution in [2.75, 3.05) is 33.3 Å². The van der Waals surface area contributed by atoms with Crippen molar-refractivity contribution < 1.29 is 0 Å². The third-order valence-corrected chi connectivity index (χ3v) is 8.51. The Kier molecular flexibility index (Phi) is 7.47. The largest absolute Gasteiger partial charge is 0.305 e. The molecular formula is C24H35N2P. The molecule has 1 heterocycles. The summed E-state index contributed by atoms with van der Waals surface area (Å²) in [6, 6.07) is 23.7. The van der Waals surface area contributed by atoms with Crippen LogP contribution in [0.1, 0.15) is 26.7 Å². The Morgan fingerprint density at radius 1 is 0.963 bits per heavy atom. The summed E-state index contributed by atoms with van der Waals surface area (Å²) in [6.45, 7) is 7.17. The van der Waals surface area contributed by atoms with Crippen molar-refractivity contribution >= 4 is 18.5 Å². The lowest BCUT2D eigenvalue weighted by atomic mass is 10.0. The van der Waals surface area contributed by atoms with Gasteiger partial charge < -0.3 is 4.90 Å². The standard InChI is InChI=1S/C24H35N2P/c1-20(2)24(25(3)4)18-26-17-11-12-21(26)19-27(22-13-7-5-8-14-22)23-15-9-6-10-16-23/h5-10,13-16,20-21,24H,11-12,17-19H2,1-4H3/t21-,24+/m0/s1. The summed E-state index contributed by atoms with van der Waals surface area (Å²) >= 11 is 0. The van der Waals surface area contributed by atoms with Crippen LogP contribution in [0.4, 0.5) is 0 Å². The van der Waals surface area contributed by atoms with E-state index in [-0.39, 0.29) is 7.92 Å². The molecule has 0 N–H and O–H groups in total. The average molecular weight is 383 g/mol. The Bertz CT molecular complexity index is 624. The molecule has 3 rings (SSSR count). The van der Waals surface area contributed by atoms with E-state index in [4.69, 9.17) is 0 Å². The maximum atomic E-state index is 2.78. The number of hydrogen-bond donors (Lipinski definition) is 0. The molecule has 146 valence electrons. The van der Waals surface area contributed by atoms with E-state index in [0.29, 0.717) is 18.0 Å². The molecule has 0 aromatic heterocycles. The molecule has 1 fully saturated rings. The summed E-state index contributed by atoms with van der Waals surface area (Å²) in [5.74, 6) is 0.686. The van der Waals surface area contributed by atoms with Crippen molar-refractivity contribution in [3.8, 4) is 0 Å². The zero-order valence-electron chi connectivity index (χ0n) is 17.4. The molecule has 27 heavy (non-hydrogen) atoms. The number of likely N-dealkylation sites (N-methyl/N-ethyl adjacent to an activating group) is 1. The highest BCUT2D eigenvalue weighted by Crippen LogP contribution is 2.38. The molecule has 2 atom stereocenters. The first-order chi connectivity index (χ1) is 13.1. The minimum atomic E-state index is -0.299. The monoisotopic (exact) mass is 382 g/mol. The highest BCUT2D eigenvalue weighted by Gasteiger charge is 2.31. The van der Waals surface area contributed by atoms with E-state index in [9.17, 15) is 0 Å². The van der Waals surface area contributed by atoms with Gasteiger partial charge >= 0.3 is 0 Å². The molecule has 1 saturated heterocycles. The van der Waals surface area contributed by atoms with E-state index >= 15 is 0 Å². The van der Waals surface area contributed by atoms with Crippen LogP contribution in [0.25, 0.3) is 0 Å². The number of nitrogens with zero attached hydrogens (tertiary/aromatic N) is 2. The summed E-state index contributed by atoms with van der Waals surface area (Å²) in [7, 11) is 4.17. The van der Waals surface area contributed by atoms with Gasteiger partial charge in [0.05, 0.1) is 0 Å². The van der Waals surface area contributed by atoms with Crippen LogP contribution >= 0.6 is 7.92 Å². The van der Waals surface area contributed by atoms with Gasteiger partial charge in [0.25, 0.3) is 0 Å². The van der Waals surface area contributed by atoms with Gasteiger partial charge in [-0.25, -0.2) is 0 Å². The van der Waals surface area contributed by atoms with Gasteiger partial charge in [-0.3, -0.25) is 4.90 Å². The van der Waals surface area contributed by atoms with Crippen LogP contribution in [-0.4, -0.2) is 55.2 Å². The lowest BCUT2D eigenvalue weighted by Gasteiger charge is -2.36. The van der Waals surface area contributed by atoms with Crippen LogP contribution in [0.3, 0.4) is 0 Å². The van der Waals surface area contributed by atoms with Gasteiger partial charge in [0.15, 0.2) is 0 Å². The maximum Gasteiger partial charge on any atom is 0.0240 e. The highest BCUT2D eigenvalue weighted by molar-refractivity contribution is 7.73. The summed E-state index contributed by atoms with van der Waals surface area (Å²) in [5, 5.41) is 3.03. The van der Waals surface area contributed by atoms with Crippen LogP contribution in [-0.2, 0) is 0 Å². The Morgan fingerprint density at radius 2 is 1.52 bits per heavy atom. The molecule has 0 saturated carbocycles. The normalized spacial score (nSPS) is 19.3. The molecule has 2 aromatic rings. The third kappa shape index (κ3) is 5.41. The molecule has 0 amide bonds. The second-order valence-electron chi connectivity index (χ2n) is 8.35. The average Bonchev–Trinajstić information content (AvgIpc) is 3.12. The summed E-state index contributed by atoms with van der Waals surface area (Å²) in [6.07, 6.45) is 3.97. The zero-order chi connectivity index (χ0) is 19.2. The summed E-state index contributed by atoms with van der Waals surface area (Å²) in [4.78, 5) is 5.20. The van der Waals surface area contributed by atoms with Crippen molar-refractivity contribution in [3.63, 3.8) is 0 Å². The second kappa shape index (κ2) is 9.82. The molecule has 1 aliphatic heterocycles. The predicted octanol–water partition coefficient (Wildman–Crippen LogP) is 4.17. The van der Waals surface area contributed by atoms with E-state index < -0.39 is 0 Å². The number of hydrogen-bond acceptors (Lipinski definition) is 2.